The van der Waals surface area contributed by atoms with Crippen LogP contribution in [0.3, 0.4) is 0 Å². The molecule has 0 aliphatic rings. The molecule has 0 aromatic rings. The van der Waals surface area contributed by atoms with Crippen molar-refractivity contribution in [3.05, 3.63) is 24.0 Å². The normalized spacial score (nSPS) is 11.0. The van der Waals surface area contributed by atoms with Crippen molar-refractivity contribution in [3.8, 4) is 0 Å². The van der Waals surface area contributed by atoms with Crippen LogP contribution in [-0.4, -0.2) is 6.29 Å². The first kappa shape index (κ1) is 11.7. The largest absolute Gasteiger partial charge is 1.00 e. The summed E-state index contributed by atoms with van der Waals surface area (Å²) < 4.78 is 0. The molecule has 0 amide bonds. The van der Waals surface area contributed by atoms with Crippen molar-refractivity contribution < 1.29 is 39.5 Å². The Morgan fingerprint density at radius 1 is 1.56 bits per heavy atom. The minimum atomic E-state index is 0. The molecule has 0 N–H and O–H groups in total. The third-order valence-corrected chi connectivity index (χ3v) is 0.624. The summed E-state index contributed by atoms with van der Waals surface area (Å²) in [7, 11) is 0. The number of carbonyl (C=O) groups is 1. The molecular formula is C6H7NaO2. The second-order valence-corrected chi connectivity index (χ2v) is 1.36. The molecule has 0 radical (unpaired) electrons. The SMILES string of the molecule is CC(=C/[O-])/C=C/C=O.[Na+]. The van der Waals surface area contributed by atoms with E-state index < -0.39 is 0 Å². The van der Waals surface area contributed by atoms with Crippen LogP contribution in [-0.2, 0) is 4.79 Å². The van der Waals surface area contributed by atoms with Crippen molar-refractivity contribution in [1.29, 1.82) is 0 Å². The molecule has 0 atom stereocenters. The molecule has 0 aliphatic carbocycles. The predicted molar refractivity (Wildman–Crippen MR) is 29.0 cm³/mol. The summed E-state index contributed by atoms with van der Waals surface area (Å²) in [5.41, 5.74) is 0.553. The fourth-order valence-electron chi connectivity index (χ4n) is 0.230. The van der Waals surface area contributed by atoms with E-state index in [0.717, 1.165) is 0 Å². The maximum absolute atomic E-state index is 9.81. The Bertz CT molecular complexity index is 127. The van der Waals surface area contributed by atoms with E-state index in [4.69, 9.17) is 0 Å². The molecule has 0 fully saturated rings. The molecule has 0 bridgehead atoms. The number of aldehydes is 1. The van der Waals surface area contributed by atoms with Crippen molar-refractivity contribution >= 4 is 6.29 Å². The topological polar surface area (TPSA) is 40.1 Å². The number of carbonyl (C=O) groups excluding carboxylic acids is 1. The molecule has 44 valence electrons. The van der Waals surface area contributed by atoms with E-state index in [1.807, 2.05) is 0 Å². The third-order valence-electron chi connectivity index (χ3n) is 0.624. The van der Waals surface area contributed by atoms with Crippen molar-refractivity contribution in [3.63, 3.8) is 0 Å². The van der Waals surface area contributed by atoms with E-state index in [1.54, 1.807) is 6.92 Å². The van der Waals surface area contributed by atoms with Crippen LogP contribution < -0.4 is 34.7 Å². The van der Waals surface area contributed by atoms with Gasteiger partial charge in [0.15, 0.2) is 0 Å². The number of allylic oxidation sites excluding steroid dienone is 3. The van der Waals surface area contributed by atoms with Crippen molar-refractivity contribution in [2.75, 3.05) is 0 Å². The van der Waals surface area contributed by atoms with Gasteiger partial charge in [0.2, 0.25) is 0 Å². The fourth-order valence-corrected chi connectivity index (χ4v) is 0.230. The van der Waals surface area contributed by atoms with Crippen molar-refractivity contribution in [2.45, 2.75) is 6.92 Å². The van der Waals surface area contributed by atoms with Gasteiger partial charge >= 0.3 is 29.6 Å². The van der Waals surface area contributed by atoms with Crippen LogP contribution in [0.4, 0.5) is 0 Å². The van der Waals surface area contributed by atoms with Gasteiger partial charge in [-0.3, -0.25) is 4.79 Å². The van der Waals surface area contributed by atoms with E-state index in [2.05, 4.69) is 0 Å². The van der Waals surface area contributed by atoms with E-state index in [9.17, 15) is 9.90 Å². The molecule has 0 heterocycles. The minimum Gasteiger partial charge on any atom is -0.878 e. The zero-order valence-electron chi connectivity index (χ0n) is 5.63. The summed E-state index contributed by atoms with van der Waals surface area (Å²) in [6, 6.07) is 0. The molecule has 0 saturated carbocycles. The van der Waals surface area contributed by atoms with Crippen LogP contribution >= 0.6 is 0 Å². The smallest absolute Gasteiger partial charge is 0.878 e. The first-order valence-electron chi connectivity index (χ1n) is 2.22. The average Bonchev–Trinajstić information content (AvgIpc) is 1.83. The van der Waals surface area contributed by atoms with E-state index in [0.29, 0.717) is 18.1 Å². The third kappa shape index (κ3) is 7.95. The molecule has 0 aromatic carbocycles. The Morgan fingerprint density at radius 3 is 2.44 bits per heavy atom. The van der Waals surface area contributed by atoms with Crippen molar-refractivity contribution in [2.24, 2.45) is 0 Å². The molecule has 0 rings (SSSR count). The number of hydrogen-bond donors (Lipinski definition) is 0. The van der Waals surface area contributed by atoms with Gasteiger partial charge in [0.05, 0.1) is 0 Å². The van der Waals surface area contributed by atoms with Crippen LogP contribution in [0.2, 0.25) is 0 Å². The van der Waals surface area contributed by atoms with Crippen LogP contribution in [0.15, 0.2) is 24.0 Å². The Balaban J connectivity index is 0. The predicted octanol–water partition coefficient (Wildman–Crippen LogP) is -2.99. The first-order chi connectivity index (χ1) is 3.81. The van der Waals surface area contributed by atoms with Gasteiger partial charge in [-0.05, 0) is 13.0 Å². The summed E-state index contributed by atoms with van der Waals surface area (Å²) in [6.45, 7) is 1.63. The second-order valence-electron chi connectivity index (χ2n) is 1.36. The standard InChI is InChI=1S/C6H8O2.Na/c1-6(5-8)3-2-4-7;/h2-5,8H,1H3;/q;+1/p-1/b3-2+,6-5-;. The van der Waals surface area contributed by atoms with Gasteiger partial charge < -0.3 is 5.11 Å². The molecule has 0 spiro atoms. The molecule has 2 nitrogen and oxygen atoms in total. The van der Waals surface area contributed by atoms with Gasteiger partial charge in [-0.1, -0.05) is 11.6 Å². The minimum absolute atomic E-state index is 0. The Morgan fingerprint density at radius 2 is 2.11 bits per heavy atom. The maximum Gasteiger partial charge on any atom is 1.00 e. The summed E-state index contributed by atoms with van der Waals surface area (Å²) in [4.78, 5) is 9.61. The summed E-state index contributed by atoms with van der Waals surface area (Å²) in [5, 5.41) is 9.81. The van der Waals surface area contributed by atoms with Gasteiger partial charge in [0.1, 0.15) is 6.29 Å². The zero-order chi connectivity index (χ0) is 6.41. The van der Waals surface area contributed by atoms with E-state index in [-0.39, 0.29) is 29.6 Å². The average molecular weight is 134 g/mol. The Hall–Kier alpha value is -0.0500. The van der Waals surface area contributed by atoms with E-state index in [1.165, 1.54) is 12.2 Å². The van der Waals surface area contributed by atoms with Crippen LogP contribution in [0, 0.1) is 0 Å². The Kier molecular flexibility index (Phi) is 10.3. The Labute approximate surface area is 76.6 Å². The first-order valence-corrected chi connectivity index (χ1v) is 2.22. The molecule has 3 heteroatoms. The van der Waals surface area contributed by atoms with Crippen LogP contribution in [0.1, 0.15) is 6.92 Å². The monoisotopic (exact) mass is 134 g/mol. The van der Waals surface area contributed by atoms with Gasteiger partial charge in [0, 0.05) is 0 Å². The van der Waals surface area contributed by atoms with E-state index >= 15 is 0 Å². The number of rotatable bonds is 2. The zero-order valence-corrected chi connectivity index (χ0v) is 7.63. The van der Waals surface area contributed by atoms with Gasteiger partial charge in [-0.15, -0.1) is 6.26 Å². The van der Waals surface area contributed by atoms with Gasteiger partial charge in [-0.25, -0.2) is 0 Å². The molecule has 0 aromatic heterocycles. The maximum atomic E-state index is 9.81. The van der Waals surface area contributed by atoms with Crippen LogP contribution in [0.25, 0.3) is 0 Å². The fraction of sp³-hybridized carbons (Fsp3) is 0.167. The van der Waals surface area contributed by atoms with Gasteiger partial charge in [0.25, 0.3) is 0 Å². The molecule has 0 saturated heterocycles. The summed E-state index contributed by atoms with van der Waals surface area (Å²) in [5.74, 6) is 0. The molecule has 0 aliphatic heterocycles. The summed E-state index contributed by atoms with van der Waals surface area (Å²) in [6.07, 6.45) is 4.07. The molecule has 9 heavy (non-hydrogen) atoms. The second kappa shape index (κ2) is 7.95. The number of hydrogen-bond acceptors (Lipinski definition) is 2. The van der Waals surface area contributed by atoms with Crippen LogP contribution in [0.5, 0.6) is 0 Å². The summed E-state index contributed by atoms with van der Waals surface area (Å²) >= 11 is 0. The molecule has 0 unspecified atom stereocenters. The molecular weight excluding hydrogens is 127 g/mol. The van der Waals surface area contributed by atoms with Crippen molar-refractivity contribution in [1.82, 2.24) is 0 Å². The van der Waals surface area contributed by atoms with Gasteiger partial charge in [-0.2, -0.15) is 0 Å². The quantitative estimate of drug-likeness (QED) is 0.133.